The molecule has 0 unspecified atom stereocenters. The van der Waals surface area contributed by atoms with Gasteiger partial charge in [0, 0.05) is 100 Å². The number of rotatable bonds is 17. The molecule has 2 aliphatic heterocycles. The number of piperidine rings is 1. The number of hydrogen-bond acceptors (Lipinski definition) is 17. The second-order valence-corrected chi connectivity index (χ2v) is 23.7. The zero-order valence-corrected chi connectivity index (χ0v) is 45.3. The second-order valence-electron chi connectivity index (χ2n) is 22.1. The van der Waals surface area contributed by atoms with Crippen LogP contribution in [-0.4, -0.2) is 124 Å². The van der Waals surface area contributed by atoms with E-state index in [2.05, 4.69) is 82.8 Å². The number of pyridine rings is 3. The number of carbonyl (C=O) groups excluding carboxylic acids is 1. The summed E-state index contributed by atoms with van der Waals surface area (Å²) in [5, 5.41) is 36.0. The molecule has 4 aromatic heterocycles. The van der Waals surface area contributed by atoms with Crippen molar-refractivity contribution in [2.24, 2.45) is 11.3 Å². The first-order valence-corrected chi connectivity index (χ1v) is 28.1. The standard InChI is InChI=1S/C56H67FN10O10S/c1-34(2)40-8-6-7-9-41(40)46-33-64(32-36-22-49(68)61-50(23-36)75-4)20-21-66(46)38-27-56(28-38)16-18-65(19-17-56)37-10-11-42(47(24-37)77-48-26-43-44(57)31-60-51(43)62-54(48)76-5)53(69)63-78(73,74)39-25-45(67(71)72)52(59-30-39)58-29-35-12-14-55(3,70)15-13-35/h6-11,22-26,30-31,34-35,38,46,70H,12-21,27-29,32-33H2,1-5H3,(H,58,59)(H,60,62)(H,61,68)(H,63,69)/t35?,46-,55?/m0/s1. The van der Waals surface area contributed by atoms with E-state index in [-0.39, 0.29) is 63.0 Å². The normalized spacial score (nSPS) is 21.1. The molecular formula is C56H67FN10O10S. The summed E-state index contributed by atoms with van der Waals surface area (Å²) in [4.78, 5) is 47.8. The summed E-state index contributed by atoms with van der Waals surface area (Å²) in [6.07, 6.45) is 8.60. The fraction of sp³-hybridized carbons (Fsp3) is 0.464. The summed E-state index contributed by atoms with van der Waals surface area (Å²) in [5.41, 5.74) is 3.11. The Hall–Kier alpha value is -7.14. The number of aromatic hydroxyl groups is 1. The van der Waals surface area contributed by atoms with Crippen LogP contribution in [0.2, 0.25) is 0 Å². The van der Waals surface area contributed by atoms with E-state index in [1.807, 2.05) is 6.07 Å². The smallest absolute Gasteiger partial charge is 0.312 e. The largest absolute Gasteiger partial charge is 0.493 e. The third-order valence-corrected chi connectivity index (χ3v) is 17.7. The second kappa shape index (κ2) is 21.9. The maximum Gasteiger partial charge on any atom is 0.312 e. The summed E-state index contributed by atoms with van der Waals surface area (Å²) in [7, 11) is -1.85. The van der Waals surface area contributed by atoms with Crippen LogP contribution in [0.3, 0.4) is 0 Å². The van der Waals surface area contributed by atoms with Gasteiger partial charge in [0.1, 0.15) is 22.1 Å². The van der Waals surface area contributed by atoms with Crippen LogP contribution in [0.1, 0.15) is 111 Å². The van der Waals surface area contributed by atoms with Gasteiger partial charge in [-0.15, -0.1) is 0 Å². The number of amides is 1. The molecular weight excluding hydrogens is 1020 g/mol. The van der Waals surface area contributed by atoms with Crippen molar-refractivity contribution in [3.63, 3.8) is 0 Å². The van der Waals surface area contributed by atoms with Crippen molar-refractivity contribution in [2.75, 3.05) is 63.7 Å². The average Bonchev–Trinajstić information content (AvgIpc) is 3.83. The van der Waals surface area contributed by atoms with Gasteiger partial charge < -0.3 is 39.6 Å². The summed E-state index contributed by atoms with van der Waals surface area (Å²) in [6, 6.07) is 19.9. The summed E-state index contributed by atoms with van der Waals surface area (Å²) < 4.78 is 62.0. The maximum absolute atomic E-state index is 14.9. The molecule has 2 aromatic carbocycles. The van der Waals surface area contributed by atoms with E-state index in [0.717, 1.165) is 69.3 Å². The Morgan fingerprint density at radius 3 is 2.45 bits per heavy atom. The third kappa shape index (κ3) is 11.5. The molecule has 0 bridgehead atoms. The molecule has 22 heteroatoms. The molecule has 78 heavy (non-hydrogen) atoms. The Morgan fingerprint density at radius 1 is 0.974 bits per heavy atom. The van der Waals surface area contributed by atoms with Crippen LogP contribution >= 0.6 is 0 Å². The van der Waals surface area contributed by atoms with Gasteiger partial charge in [-0.2, -0.15) is 9.97 Å². The van der Waals surface area contributed by atoms with Gasteiger partial charge >= 0.3 is 5.69 Å². The number of benzene rings is 2. The maximum atomic E-state index is 14.9. The van der Waals surface area contributed by atoms with Gasteiger partial charge in [-0.1, -0.05) is 38.1 Å². The lowest BCUT2D eigenvalue weighted by molar-refractivity contribution is -0.384. The van der Waals surface area contributed by atoms with E-state index in [1.165, 1.54) is 30.4 Å². The van der Waals surface area contributed by atoms with Crippen molar-refractivity contribution >= 4 is 44.2 Å². The average molecular weight is 1090 g/mol. The lowest BCUT2D eigenvalue weighted by Crippen LogP contribution is -2.60. The van der Waals surface area contributed by atoms with E-state index < -0.39 is 42.9 Å². The topological polar surface area (TPSA) is 251 Å². The van der Waals surface area contributed by atoms with Crippen LogP contribution in [-0.2, 0) is 16.6 Å². The zero-order valence-electron chi connectivity index (χ0n) is 44.5. The molecule has 0 radical (unpaired) electrons. The van der Waals surface area contributed by atoms with Crippen LogP contribution in [0.25, 0.3) is 11.0 Å². The van der Waals surface area contributed by atoms with Crippen molar-refractivity contribution in [3.8, 4) is 29.1 Å². The number of nitrogens with one attached hydrogen (secondary N) is 3. The molecule has 4 aliphatic rings. The molecule has 414 valence electrons. The highest BCUT2D eigenvalue weighted by Crippen LogP contribution is 2.54. The quantitative estimate of drug-likeness (QED) is 0.0422. The molecule has 1 atom stereocenters. The molecule has 2 aliphatic carbocycles. The lowest BCUT2D eigenvalue weighted by atomic mass is 9.59. The molecule has 10 rings (SSSR count). The number of aliphatic hydroxyl groups is 1. The number of hydrogen-bond donors (Lipinski definition) is 5. The summed E-state index contributed by atoms with van der Waals surface area (Å²) >= 11 is 0. The highest BCUT2D eigenvalue weighted by Gasteiger charge is 2.50. The number of halogens is 1. The van der Waals surface area contributed by atoms with Gasteiger partial charge in [-0.3, -0.25) is 24.7 Å². The molecule has 1 amide bonds. The number of nitrogens with zero attached hydrogens (tertiary/aromatic N) is 7. The van der Waals surface area contributed by atoms with Crippen molar-refractivity contribution in [1.82, 2.24) is 34.5 Å². The van der Waals surface area contributed by atoms with Crippen LogP contribution in [0, 0.1) is 27.3 Å². The van der Waals surface area contributed by atoms with E-state index in [1.54, 1.807) is 32.2 Å². The number of H-pyrrole nitrogens is 1. The number of carbonyl (C=O) groups is 1. The summed E-state index contributed by atoms with van der Waals surface area (Å²) in [5.74, 6) is -1.17. The Kier molecular flexibility index (Phi) is 15.3. The summed E-state index contributed by atoms with van der Waals surface area (Å²) in [6.45, 7) is 11.2. The molecule has 2 saturated heterocycles. The minimum Gasteiger partial charge on any atom is -0.493 e. The fourth-order valence-electron chi connectivity index (χ4n) is 12.0. The molecule has 20 nitrogen and oxygen atoms in total. The van der Waals surface area contributed by atoms with Crippen LogP contribution in [0.5, 0.6) is 29.1 Å². The van der Waals surface area contributed by atoms with E-state index >= 15 is 0 Å². The van der Waals surface area contributed by atoms with Gasteiger partial charge in [-0.05, 0) is 104 Å². The van der Waals surface area contributed by atoms with Crippen LogP contribution in [0.4, 0.5) is 21.6 Å². The van der Waals surface area contributed by atoms with Gasteiger partial charge in [0.2, 0.25) is 17.6 Å². The third-order valence-electron chi connectivity index (χ3n) is 16.4. The van der Waals surface area contributed by atoms with Crippen LogP contribution in [0.15, 0.2) is 84.0 Å². The van der Waals surface area contributed by atoms with Gasteiger partial charge in [-0.25, -0.2) is 22.5 Å². The molecule has 4 fully saturated rings. The number of methoxy groups -OCH3 is 2. The number of sulfonamides is 1. The monoisotopic (exact) mass is 1090 g/mol. The Balaban J connectivity index is 0.858. The van der Waals surface area contributed by atoms with Gasteiger partial charge in [0.25, 0.3) is 21.8 Å². The van der Waals surface area contributed by atoms with Crippen molar-refractivity contribution < 1.29 is 46.9 Å². The molecule has 5 N–H and O–H groups in total. The van der Waals surface area contributed by atoms with Crippen LogP contribution < -0.4 is 29.1 Å². The first-order valence-electron chi connectivity index (χ1n) is 26.6. The van der Waals surface area contributed by atoms with Crippen molar-refractivity contribution in [3.05, 3.63) is 117 Å². The number of piperazine rings is 1. The first kappa shape index (κ1) is 54.2. The SMILES string of the molecule is COc1cc(CN2CCN(C3CC4(CCN(c5ccc(C(=O)NS(=O)(=O)c6cnc(NCC7CCC(C)(O)CC7)c([N+](=O)[O-])c6)c(Oc6cc7c(F)c[nH]c7nc6OC)c5)CC4)C3)[C@H](c3ccccc3C(C)C)C2)cc(O)n1. The Labute approximate surface area is 452 Å². The van der Waals surface area contributed by atoms with Gasteiger partial charge in [0.05, 0.1) is 41.9 Å². The molecule has 6 heterocycles. The predicted octanol–water partition coefficient (Wildman–Crippen LogP) is 8.82. The number of aromatic nitrogens is 4. The highest BCUT2D eigenvalue weighted by atomic mass is 32.2. The number of nitro groups is 1. The number of fused-ring (bicyclic) bond motifs is 1. The molecule has 1 spiro atoms. The van der Waals surface area contributed by atoms with Gasteiger partial charge in [0.15, 0.2) is 5.75 Å². The molecule has 6 aromatic rings. The fourth-order valence-corrected chi connectivity index (χ4v) is 12.9. The lowest BCUT2D eigenvalue weighted by Gasteiger charge is -2.58. The number of ether oxygens (including phenoxy) is 3. The van der Waals surface area contributed by atoms with E-state index in [4.69, 9.17) is 14.2 Å². The Bertz CT molecular complexity index is 3310. The minimum absolute atomic E-state index is 0.0262. The number of aromatic amines is 1. The highest BCUT2D eigenvalue weighted by molar-refractivity contribution is 7.90. The number of anilines is 2. The predicted molar refractivity (Wildman–Crippen MR) is 290 cm³/mol. The first-order chi connectivity index (χ1) is 37.3. The van der Waals surface area contributed by atoms with Crippen molar-refractivity contribution in [2.45, 2.75) is 107 Å². The van der Waals surface area contributed by atoms with E-state index in [0.29, 0.717) is 75.4 Å². The Morgan fingerprint density at radius 2 is 1.73 bits per heavy atom. The zero-order chi connectivity index (χ0) is 55.1. The van der Waals surface area contributed by atoms with Crippen molar-refractivity contribution in [1.29, 1.82) is 0 Å². The molecule has 2 saturated carbocycles. The van der Waals surface area contributed by atoms with E-state index in [9.17, 15) is 37.9 Å². The minimum atomic E-state index is -4.76.